The van der Waals surface area contributed by atoms with Gasteiger partial charge in [0.1, 0.15) is 6.04 Å². The summed E-state index contributed by atoms with van der Waals surface area (Å²) in [5.41, 5.74) is 0. The van der Waals surface area contributed by atoms with E-state index in [1.54, 1.807) is 0 Å². The fourth-order valence-corrected chi connectivity index (χ4v) is 1.27. The fraction of sp³-hybridized carbons (Fsp3) is 0.778. The SMILES string of the molecule is CC(C(=O)O)N(C)C(=O)NC1CCOC1. The van der Waals surface area contributed by atoms with Gasteiger partial charge in [-0.1, -0.05) is 0 Å². The van der Waals surface area contributed by atoms with Gasteiger partial charge in [-0.2, -0.15) is 0 Å². The molecule has 1 heterocycles. The van der Waals surface area contributed by atoms with Gasteiger partial charge in [-0.25, -0.2) is 9.59 Å². The monoisotopic (exact) mass is 216 g/mol. The molecule has 0 radical (unpaired) electrons. The summed E-state index contributed by atoms with van der Waals surface area (Å²) in [7, 11) is 1.46. The average Bonchev–Trinajstić information content (AvgIpc) is 2.67. The van der Waals surface area contributed by atoms with Crippen LogP contribution in [0.25, 0.3) is 0 Å². The second kappa shape index (κ2) is 4.97. The first-order chi connectivity index (χ1) is 7.02. The third kappa shape index (κ3) is 3.09. The van der Waals surface area contributed by atoms with Gasteiger partial charge in [0.05, 0.1) is 12.6 Å². The number of ether oxygens (including phenoxy) is 1. The molecule has 1 fully saturated rings. The van der Waals surface area contributed by atoms with E-state index in [0.717, 1.165) is 6.42 Å². The summed E-state index contributed by atoms with van der Waals surface area (Å²) in [6, 6.07) is -1.20. The maximum absolute atomic E-state index is 11.5. The van der Waals surface area contributed by atoms with Crippen LogP contribution in [0.2, 0.25) is 0 Å². The molecular formula is C9H16N2O4. The highest BCUT2D eigenvalue weighted by Gasteiger charge is 2.24. The molecule has 2 N–H and O–H groups in total. The molecule has 1 rings (SSSR count). The molecule has 86 valence electrons. The van der Waals surface area contributed by atoms with Crippen LogP contribution < -0.4 is 5.32 Å². The second-order valence-electron chi connectivity index (χ2n) is 3.64. The molecule has 0 aromatic heterocycles. The van der Waals surface area contributed by atoms with Gasteiger partial charge in [-0.15, -0.1) is 0 Å². The third-order valence-corrected chi connectivity index (χ3v) is 2.52. The van der Waals surface area contributed by atoms with Gasteiger partial charge in [0, 0.05) is 13.7 Å². The van der Waals surface area contributed by atoms with Crippen LogP contribution in [-0.2, 0) is 9.53 Å². The number of carbonyl (C=O) groups is 2. The molecule has 0 aliphatic carbocycles. The second-order valence-corrected chi connectivity index (χ2v) is 3.64. The summed E-state index contributed by atoms with van der Waals surface area (Å²) in [6.45, 7) is 2.61. The van der Waals surface area contributed by atoms with Crippen molar-refractivity contribution < 1.29 is 19.4 Å². The number of urea groups is 1. The standard InChI is InChI=1S/C9H16N2O4/c1-6(8(12)13)11(2)9(14)10-7-3-4-15-5-7/h6-7H,3-5H2,1-2H3,(H,10,14)(H,12,13). The number of nitrogens with zero attached hydrogens (tertiary/aromatic N) is 1. The number of hydrogen-bond acceptors (Lipinski definition) is 3. The number of hydrogen-bond donors (Lipinski definition) is 2. The zero-order chi connectivity index (χ0) is 11.4. The van der Waals surface area contributed by atoms with Crippen LogP contribution in [-0.4, -0.2) is 54.4 Å². The molecule has 1 saturated heterocycles. The van der Waals surface area contributed by atoms with Gasteiger partial charge in [-0.3, -0.25) is 0 Å². The predicted octanol–water partition coefficient (Wildman–Crippen LogP) is -0.110. The molecule has 6 nitrogen and oxygen atoms in total. The third-order valence-electron chi connectivity index (χ3n) is 2.52. The van der Waals surface area contributed by atoms with Crippen molar-refractivity contribution in [1.29, 1.82) is 0 Å². The average molecular weight is 216 g/mol. The van der Waals surface area contributed by atoms with E-state index in [4.69, 9.17) is 9.84 Å². The summed E-state index contributed by atoms with van der Waals surface area (Å²) >= 11 is 0. The van der Waals surface area contributed by atoms with Crippen molar-refractivity contribution >= 4 is 12.0 Å². The van der Waals surface area contributed by atoms with Crippen molar-refractivity contribution in [3.63, 3.8) is 0 Å². The molecule has 1 aliphatic rings. The van der Waals surface area contributed by atoms with Crippen molar-refractivity contribution in [2.75, 3.05) is 20.3 Å². The van der Waals surface area contributed by atoms with Gasteiger partial charge < -0.3 is 20.1 Å². The van der Waals surface area contributed by atoms with Crippen LogP contribution in [0.5, 0.6) is 0 Å². The molecule has 6 heteroatoms. The molecule has 0 spiro atoms. The van der Waals surface area contributed by atoms with Crippen LogP contribution in [0, 0.1) is 0 Å². The van der Waals surface area contributed by atoms with Crippen LogP contribution in [0.15, 0.2) is 0 Å². The fourth-order valence-electron chi connectivity index (χ4n) is 1.27. The molecule has 1 aliphatic heterocycles. The number of aliphatic carboxylic acids is 1. The van der Waals surface area contributed by atoms with E-state index in [2.05, 4.69) is 5.32 Å². The summed E-state index contributed by atoms with van der Waals surface area (Å²) < 4.78 is 5.10. The van der Waals surface area contributed by atoms with Crippen molar-refractivity contribution in [3.8, 4) is 0 Å². The molecule has 2 amide bonds. The van der Waals surface area contributed by atoms with E-state index in [0.29, 0.717) is 13.2 Å². The number of carbonyl (C=O) groups excluding carboxylic acids is 1. The highest BCUT2D eigenvalue weighted by Crippen LogP contribution is 2.05. The maximum atomic E-state index is 11.5. The normalized spacial score (nSPS) is 22.1. The Bertz CT molecular complexity index is 250. The van der Waals surface area contributed by atoms with E-state index < -0.39 is 12.0 Å². The van der Waals surface area contributed by atoms with Crippen LogP contribution in [0.4, 0.5) is 4.79 Å². The quantitative estimate of drug-likeness (QED) is 0.690. The minimum Gasteiger partial charge on any atom is -0.480 e. The van der Waals surface area contributed by atoms with Crippen LogP contribution in [0.3, 0.4) is 0 Å². The lowest BCUT2D eigenvalue weighted by Crippen LogP contribution is -2.49. The Hall–Kier alpha value is -1.30. The smallest absolute Gasteiger partial charge is 0.326 e. The summed E-state index contributed by atoms with van der Waals surface area (Å²) in [6.07, 6.45) is 0.779. The summed E-state index contributed by atoms with van der Waals surface area (Å²) in [5.74, 6) is -1.02. The largest absolute Gasteiger partial charge is 0.480 e. The molecule has 0 aromatic carbocycles. The lowest BCUT2D eigenvalue weighted by atomic mass is 10.2. The van der Waals surface area contributed by atoms with E-state index in [-0.39, 0.29) is 12.1 Å². The minimum absolute atomic E-state index is 0.000875. The van der Waals surface area contributed by atoms with E-state index in [9.17, 15) is 9.59 Å². The Morgan fingerprint density at radius 2 is 2.27 bits per heavy atom. The Labute approximate surface area is 88.2 Å². The zero-order valence-electron chi connectivity index (χ0n) is 8.90. The minimum atomic E-state index is -1.02. The number of nitrogens with one attached hydrogen (secondary N) is 1. The Morgan fingerprint density at radius 3 is 2.73 bits per heavy atom. The van der Waals surface area contributed by atoms with Crippen molar-refractivity contribution in [1.82, 2.24) is 10.2 Å². The summed E-state index contributed by atoms with van der Waals surface area (Å²) in [4.78, 5) is 23.3. The van der Waals surface area contributed by atoms with Gasteiger partial charge in [-0.05, 0) is 13.3 Å². The number of likely N-dealkylation sites (N-methyl/N-ethyl adjacent to an activating group) is 1. The highest BCUT2D eigenvalue weighted by molar-refractivity contribution is 5.82. The topological polar surface area (TPSA) is 78.9 Å². The molecule has 0 bridgehead atoms. The molecule has 2 unspecified atom stereocenters. The summed E-state index contributed by atoms with van der Waals surface area (Å²) in [5, 5.41) is 11.4. The van der Waals surface area contributed by atoms with Gasteiger partial charge in [0.2, 0.25) is 0 Å². The zero-order valence-corrected chi connectivity index (χ0v) is 8.90. The predicted molar refractivity (Wildman–Crippen MR) is 52.6 cm³/mol. The van der Waals surface area contributed by atoms with Gasteiger partial charge in [0.25, 0.3) is 0 Å². The Morgan fingerprint density at radius 1 is 1.60 bits per heavy atom. The lowest BCUT2D eigenvalue weighted by molar-refractivity contribution is -0.141. The first-order valence-corrected chi connectivity index (χ1v) is 4.86. The lowest BCUT2D eigenvalue weighted by Gasteiger charge is -2.23. The van der Waals surface area contributed by atoms with Gasteiger partial charge >= 0.3 is 12.0 Å². The van der Waals surface area contributed by atoms with Crippen molar-refractivity contribution in [2.45, 2.75) is 25.4 Å². The first kappa shape index (κ1) is 11.8. The van der Waals surface area contributed by atoms with Crippen LogP contribution in [0.1, 0.15) is 13.3 Å². The molecule has 0 saturated carbocycles. The Balaban J connectivity index is 2.41. The number of carboxylic acid groups (broad SMARTS) is 1. The van der Waals surface area contributed by atoms with Crippen LogP contribution >= 0.6 is 0 Å². The van der Waals surface area contributed by atoms with E-state index in [1.165, 1.54) is 18.9 Å². The molecule has 0 aromatic rings. The van der Waals surface area contributed by atoms with Crippen molar-refractivity contribution in [3.05, 3.63) is 0 Å². The maximum Gasteiger partial charge on any atom is 0.326 e. The number of carboxylic acids is 1. The Kier molecular flexibility index (Phi) is 3.90. The molecular weight excluding hydrogens is 200 g/mol. The molecule has 15 heavy (non-hydrogen) atoms. The molecule has 2 atom stereocenters. The highest BCUT2D eigenvalue weighted by atomic mass is 16.5. The number of amides is 2. The number of rotatable bonds is 3. The van der Waals surface area contributed by atoms with E-state index in [1.807, 2.05) is 0 Å². The van der Waals surface area contributed by atoms with Crippen molar-refractivity contribution in [2.24, 2.45) is 0 Å². The first-order valence-electron chi connectivity index (χ1n) is 4.86. The van der Waals surface area contributed by atoms with Gasteiger partial charge in [0.15, 0.2) is 0 Å². The van der Waals surface area contributed by atoms with E-state index >= 15 is 0 Å².